The molecule has 3 N–H and O–H groups in total. The third kappa shape index (κ3) is 4.68. The number of aliphatic hydroxyl groups excluding tert-OH is 2. The van der Waals surface area contributed by atoms with Crippen molar-refractivity contribution in [3.8, 4) is 0 Å². The second-order valence-electron chi connectivity index (χ2n) is 4.16. The molecular weight excluding hydrogens is 252 g/mol. The highest BCUT2D eigenvalue weighted by Crippen LogP contribution is 2.20. The minimum atomic E-state index is -0.925. The minimum Gasteiger partial charge on any atom is -0.481 e. The maximum Gasteiger partial charge on any atom is 0.303 e. The summed E-state index contributed by atoms with van der Waals surface area (Å²) in [6.45, 7) is 0. The lowest BCUT2D eigenvalue weighted by molar-refractivity contribution is -0.136. The molecule has 0 radical (unpaired) electrons. The first-order valence-electron chi connectivity index (χ1n) is 5.82. The van der Waals surface area contributed by atoms with Crippen molar-refractivity contribution < 1.29 is 20.1 Å². The molecule has 0 aliphatic heterocycles. The molecule has 2 unspecified atom stereocenters. The third-order valence-corrected chi connectivity index (χ3v) is 3.00. The number of aliphatic hydroxyl groups is 2. The maximum atomic E-state index is 10.4. The number of hydrogen-bond acceptors (Lipinski definition) is 4. The van der Waals surface area contributed by atoms with Crippen molar-refractivity contribution in [3.05, 3.63) is 35.4 Å². The van der Waals surface area contributed by atoms with Gasteiger partial charge in [0.2, 0.25) is 0 Å². The fourth-order valence-corrected chi connectivity index (χ4v) is 1.91. The van der Waals surface area contributed by atoms with Gasteiger partial charge in [0.15, 0.2) is 0 Å². The second-order valence-corrected chi connectivity index (χ2v) is 4.61. The molecule has 4 nitrogen and oxygen atoms in total. The van der Waals surface area contributed by atoms with E-state index < -0.39 is 18.2 Å². The third-order valence-electron chi connectivity index (χ3n) is 2.74. The van der Waals surface area contributed by atoms with Crippen molar-refractivity contribution in [1.29, 1.82) is 0 Å². The molecule has 1 aromatic carbocycles. The van der Waals surface area contributed by atoms with Crippen LogP contribution in [0.5, 0.6) is 0 Å². The molecule has 0 fully saturated rings. The average Bonchev–Trinajstić information content (AvgIpc) is 2.36. The molecule has 0 bridgehead atoms. The Kier molecular flexibility index (Phi) is 6.18. The Balaban J connectivity index is 2.61. The lowest BCUT2D eigenvalue weighted by Gasteiger charge is -2.17. The van der Waals surface area contributed by atoms with Gasteiger partial charge in [-0.25, -0.2) is 0 Å². The van der Waals surface area contributed by atoms with Crippen molar-refractivity contribution in [2.24, 2.45) is 0 Å². The van der Waals surface area contributed by atoms with Crippen LogP contribution in [0.25, 0.3) is 0 Å². The van der Waals surface area contributed by atoms with Gasteiger partial charge in [0.25, 0.3) is 0 Å². The van der Waals surface area contributed by atoms with Crippen LogP contribution in [0.4, 0.5) is 0 Å². The first-order chi connectivity index (χ1) is 8.54. The summed E-state index contributed by atoms with van der Waals surface area (Å²) in [5.41, 5.74) is 1.53. The maximum absolute atomic E-state index is 10.4. The van der Waals surface area contributed by atoms with Crippen LogP contribution in [-0.2, 0) is 11.2 Å². The van der Waals surface area contributed by atoms with Gasteiger partial charge < -0.3 is 15.3 Å². The summed E-state index contributed by atoms with van der Waals surface area (Å²) in [5.74, 6) is -0.321. The van der Waals surface area contributed by atoms with E-state index in [9.17, 15) is 15.0 Å². The lowest BCUT2D eigenvalue weighted by Crippen LogP contribution is -2.18. The predicted octanol–water partition coefficient (Wildman–Crippen LogP) is 1.42. The zero-order chi connectivity index (χ0) is 13.5. The van der Waals surface area contributed by atoms with Crippen LogP contribution in [0.3, 0.4) is 0 Å². The van der Waals surface area contributed by atoms with E-state index in [0.29, 0.717) is 24.2 Å². The van der Waals surface area contributed by atoms with Crippen molar-refractivity contribution >= 4 is 18.6 Å². The lowest BCUT2D eigenvalue weighted by atomic mass is 10.00. The Bertz CT molecular complexity index is 377. The Labute approximate surface area is 112 Å². The van der Waals surface area contributed by atoms with E-state index in [1.54, 1.807) is 24.3 Å². The van der Waals surface area contributed by atoms with Crippen LogP contribution in [0.15, 0.2) is 24.3 Å². The summed E-state index contributed by atoms with van der Waals surface area (Å²) in [5, 5.41) is 28.1. The van der Waals surface area contributed by atoms with Gasteiger partial charge >= 0.3 is 5.97 Å². The first kappa shape index (κ1) is 15.0. The van der Waals surface area contributed by atoms with Gasteiger partial charge in [0.05, 0.1) is 6.10 Å². The normalized spacial score (nSPS) is 14.2. The quantitative estimate of drug-likeness (QED) is 0.565. The van der Waals surface area contributed by atoms with Crippen molar-refractivity contribution in [2.45, 2.75) is 31.5 Å². The standard InChI is InChI=1S/C13H18O4S/c14-11(7-8-18)13(17)10-4-1-9(2-5-10)3-6-12(15)16/h1-2,4-5,11,13-14,17-18H,3,6-8H2,(H,15,16). The molecule has 0 saturated carbocycles. The molecule has 0 aliphatic carbocycles. The van der Waals surface area contributed by atoms with Gasteiger partial charge in [0.1, 0.15) is 6.10 Å². The first-order valence-corrected chi connectivity index (χ1v) is 6.45. The molecule has 0 saturated heterocycles. The fraction of sp³-hybridized carbons (Fsp3) is 0.462. The van der Waals surface area contributed by atoms with Crippen LogP contribution in [0.1, 0.15) is 30.1 Å². The SMILES string of the molecule is O=C(O)CCc1ccc(C(O)C(O)CCS)cc1. The molecule has 1 aromatic rings. The van der Waals surface area contributed by atoms with Crippen LogP contribution >= 0.6 is 12.6 Å². The van der Waals surface area contributed by atoms with E-state index in [1.165, 1.54) is 0 Å². The van der Waals surface area contributed by atoms with Crippen LogP contribution in [0, 0.1) is 0 Å². The van der Waals surface area contributed by atoms with Crippen molar-refractivity contribution in [3.63, 3.8) is 0 Å². The summed E-state index contributed by atoms with van der Waals surface area (Å²) in [6.07, 6.45) is -0.779. The largest absolute Gasteiger partial charge is 0.481 e. The molecule has 0 amide bonds. The number of hydrogen-bond donors (Lipinski definition) is 4. The molecule has 2 atom stereocenters. The molecular formula is C13H18O4S. The molecule has 0 spiro atoms. The second kappa shape index (κ2) is 7.41. The van der Waals surface area contributed by atoms with Crippen LogP contribution in [0.2, 0.25) is 0 Å². The minimum absolute atomic E-state index is 0.0875. The number of aliphatic carboxylic acids is 1. The van der Waals surface area contributed by atoms with Crippen molar-refractivity contribution in [1.82, 2.24) is 0 Å². The van der Waals surface area contributed by atoms with E-state index in [2.05, 4.69) is 12.6 Å². The number of carboxylic acids is 1. The molecule has 0 aromatic heterocycles. The fourth-order valence-electron chi connectivity index (χ4n) is 1.65. The average molecular weight is 270 g/mol. The van der Waals surface area contributed by atoms with Gasteiger partial charge in [-0.15, -0.1) is 0 Å². The molecule has 100 valence electrons. The molecule has 0 heterocycles. The Morgan fingerprint density at radius 1 is 1.22 bits per heavy atom. The van der Waals surface area contributed by atoms with E-state index in [4.69, 9.17) is 5.11 Å². The smallest absolute Gasteiger partial charge is 0.303 e. The topological polar surface area (TPSA) is 77.8 Å². The summed E-state index contributed by atoms with van der Waals surface area (Å²) in [4.78, 5) is 10.4. The number of carbonyl (C=O) groups is 1. The zero-order valence-corrected chi connectivity index (χ0v) is 10.9. The Morgan fingerprint density at radius 2 is 1.83 bits per heavy atom. The van der Waals surface area contributed by atoms with Gasteiger partial charge in [-0.3, -0.25) is 4.79 Å². The number of thiol groups is 1. The van der Waals surface area contributed by atoms with Gasteiger partial charge in [-0.1, -0.05) is 24.3 Å². The summed E-state index contributed by atoms with van der Waals surface area (Å²) in [7, 11) is 0. The highest BCUT2D eigenvalue weighted by atomic mass is 32.1. The van der Waals surface area contributed by atoms with E-state index in [1.807, 2.05) is 0 Å². The Morgan fingerprint density at radius 3 is 2.33 bits per heavy atom. The zero-order valence-electron chi connectivity index (χ0n) is 9.99. The monoisotopic (exact) mass is 270 g/mol. The van der Waals surface area contributed by atoms with E-state index in [0.717, 1.165) is 5.56 Å². The summed E-state index contributed by atoms with van der Waals surface area (Å²) in [6, 6.07) is 6.97. The highest BCUT2D eigenvalue weighted by Gasteiger charge is 2.17. The molecule has 5 heteroatoms. The number of rotatable bonds is 7. The number of benzene rings is 1. The Hall–Kier alpha value is -1.04. The number of carboxylic acid groups (broad SMARTS) is 1. The summed E-state index contributed by atoms with van der Waals surface area (Å²) < 4.78 is 0. The van der Waals surface area contributed by atoms with E-state index >= 15 is 0 Å². The van der Waals surface area contributed by atoms with E-state index in [-0.39, 0.29) is 6.42 Å². The van der Waals surface area contributed by atoms with Gasteiger partial charge in [-0.2, -0.15) is 12.6 Å². The number of aryl methyl sites for hydroxylation is 1. The van der Waals surface area contributed by atoms with Gasteiger partial charge in [-0.05, 0) is 29.7 Å². The predicted molar refractivity (Wildman–Crippen MR) is 71.8 cm³/mol. The van der Waals surface area contributed by atoms with Crippen molar-refractivity contribution in [2.75, 3.05) is 5.75 Å². The van der Waals surface area contributed by atoms with Crippen LogP contribution < -0.4 is 0 Å². The highest BCUT2D eigenvalue weighted by molar-refractivity contribution is 7.80. The molecule has 0 aliphatic rings. The molecule has 18 heavy (non-hydrogen) atoms. The van der Waals surface area contributed by atoms with Gasteiger partial charge in [0, 0.05) is 6.42 Å². The summed E-state index contributed by atoms with van der Waals surface area (Å²) >= 11 is 4.00. The van der Waals surface area contributed by atoms with Crippen LogP contribution in [-0.4, -0.2) is 33.1 Å². The molecule has 1 rings (SSSR count).